The van der Waals surface area contributed by atoms with Gasteiger partial charge in [0, 0.05) is 11.5 Å². The quantitative estimate of drug-likeness (QED) is 0.829. The Morgan fingerprint density at radius 1 is 1.40 bits per heavy atom. The molecule has 4 rings (SSSR count). The standard InChI is InChI=1S/C15H16FNO3/c1-15(16)11-10-7-20-14(17(10)13(18)12(11)15)8-3-5-9(19-2)6-4-8/h3-6,10-12,14H,7H2,1-2H3/t10-,11-,12-,14-,15-/m1/s1. The summed E-state index contributed by atoms with van der Waals surface area (Å²) < 4.78 is 25.0. The Bertz CT molecular complexity index is 571. The maximum atomic E-state index is 14.1. The van der Waals surface area contributed by atoms with E-state index in [0.717, 1.165) is 11.3 Å². The van der Waals surface area contributed by atoms with Gasteiger partial charge in [-0.3, -0.25) is 4.79 Å². The minimum Gasteiger partial charge on any atom is -0.497 e. The second-order valence-electron chi connectivity index (χ2n) is 5.93. The molecule has 2 aliphatic heterocycles. The van der Waals surface area contributed by atoms with Crippen molar-refractivity contribution in [3.8, 4) is 5.75 Å². The Balaban J connectivity index is 1.61. The van der Waals surface area contributed by atoms with Crippen molar-refractivity contribution in [2.45, 2.75) is 24.9 Å². The fourth-order valence-corrected chi connectivity index (χ4v) is 3.77. The molecule has 4 nitrogen and oxygen atoms in total. The molecule has 0 spiro atoms. The highest BCUT2D eigenvalue weighted by Gasteiger charge is 2.77. The number of halogens is 1. The fraction of sp³-hybridized carbons (Fsp3) is 0.533. The van der Waals surface area contributed by atoms with Gasteiger partial charge in [-0.25, -0.2) is 4.39 Å². The van der Waals surface area contributed by atoms with E-state index >= 15 is 0 Å². The number of hydrogen-bond donors (Lipinski definition) is 0. The molecule has 0 N–H and O–H groups in total. The summed E-state index contributed by atoms with van der Waals surface area (Å²) in [5, 5.41) is 0. The molecule has 3 fully saturated rings. The average molecular weight is 277 g/mol. The number of rotatable bonds is 2. The van der Waals surface area contributed by atoms with Gasteiger partial charge in [0.25, 0.3) is 0 Å². The van der Waals surface area contributed by atoms with Gasteiger partial charge in [0.2, 0.25) is 5.91 Å². The predicted molar refractivity (Wildman–Crippen MR) is 68.8 cm³/mol. The van der Waals surface area contributed by atoms with Crippen molar-refractivity contribution in [2.75, 3.05) is 13.7 Å². The lowest BCUT2D eigenvalue weighted by Gasteiger charge is -2.26. The topological polar surface area (TPSA) is 38.8 Å². The van der Waals surface area contributed by atoms with Crippen LogP contribution in [0.25, 0.3) is 0 Å². The lowest BCUT2D eigenvalue weighted by Crippen LogP contribution is -2.38. The second-order valence-corrected chi connectivity index (χ2v) is 5.93. The highest BCUT2D eigenvalue weighted by atomic mass is 19.1. The molecule has 1 saturated carbocycles. The second kappa shape index (κ2) is 3.73. The fourth-order valence-electron chi connectivity index (χ4n) is 3.77. The first kappa shape index (κ1) is 12.1. The predicted octanol–water partition coefficient (Wildman–Crippen LogP) is 1.91. The lowest BCUT2D eigenvalue weighted by molar-refractivity contribution is -0.138. The first-order valence-corrected chi connectivity index (χ1v) is 6.82. The van der Waals surface area contributed by atoms with Crippen LogP contribution >= 0.6 is 0 Å². The van der Waals surface area contributed by atoms with E-state index < -0.39 is 11.6 Å². The number of fused-ring (bicyclic) bond motifs is 3. The summed E-state index contributed by atoms with van der Waals surface area (Å²) in [6, 6.07) is 7.34. The van der Waals surface area contributed by atoms with E-state index in [1.165, 1.54) is 6.92 Å². The number of methoxy groups -OCH3 is 1. The Morgan fingerprint density at radius 2 is 2.10 bits per heavy atom. The molecule has 1 amide bonds. The summed E-state index contributed by atoms with van der Waals surface area (Å²) in [5.41, 5.74) is -0.431. The number of ether oxygens (including phenoxy) is 2. The van der Waals surface area contributed by atoms with Crippen LogP contribution in [0, 0.1) is 11.8 Å². The molecule has 0 aromatic heterocycles. The third-order valence-corrected chi connectivity index (χ3v) is 4.88. The molecule has 2 heterocycles. The Labute approximate surface area is 116 Å². The van der Waals surface area contributed by atoms with Crippen molar-refractivity contribution < 1.29 is 18.7 Å². The Kier molecular flexibility index (Phi) is 2.26. The van der Waals surface area contributed by atoms with E-state index in [9.17, 15) is 9.18 Å². The SMILES string of the molecule is COc1ccc([C@H]2OC[C@@H]3[C@@H]4[C@H](C(=O)N23)[C@]4(C)F)cc1. The van der Waals surface area contributed by atoms with Crippen LogP contribution in [0.15, 0.2) is 24.3 Å². The van der Waals surface area contributed by atoms with E-state index in [2.05, 4.69) is 0 Å². The third kappa shape index (κ3) is 1.36. The molecule has 20 heavy (non-hydrogen) atoms. The molecule has 2 saturated heterocycles. The molecule has 1 aliphatic carbocycles. The molecule has 1 aromatic rings. The maximum absolute atomic E-state index is 14.1. The summed E-state index contributed by atoms with van der Waals surface area (Å²) in [5.74, 6) is -0.00561. The van der Waals surface area contributed by atoms with Gasteiger partial charge in [-0.05, 0) is 19.1 Å². The molecule has 0 radical (unpaired) electrons. The molecule has 106 valence electrons. The van der Waals surface area contributed by atoms with Crippen LogP contribution in [-0.2, 0) is 9.53 Å². The van der Waals surface area contributed by atoms with Gasteiger partial charge >= 0.3 is 0 Å². The number of hydrogen-bond acceptors (Lipinski definition) is 3. The zero-order valence-electron chi connectivity index (χ0n) is 11.4. The number of nitrogens with zero attached hydrogens (tertiary/aromatic N) is 1. The first-order chi connectivity index (χ1) is 9.55. The molecule has 5 atom stereocenters. The monoisotopic (exact) mass is 277 g/mol. The molecule has 1 aromatic carbocycles. The number of alkyl halides is 1. The number of carbonyl (C=O) groups excluding carboxylic acids is 1. The van der Waals surface area contributed by atoms with E-state index in [4.69, 9.17) is 9.47 Å². The van der Waals surface area contributed by atoms with Crippen LogP contribution in [0.4, 0.5) is 4.39 Å². The smallest absolute Gasteiger partial charge is 0.232 e. The van der Waals surface area contributed by atoms with Crippen LogP contribution in [-0.4, -0.2) is 36.2 Å². The van der Waals surface area contributed by atoms with Crippen molar-refractivity contribution in [2.24, 2.45) is 11.8 Å². The lowest BCUT2D eigenvalue weighted by atomic mass is 10.1. The van der Waals surface area contributed by atoms with Crippen LogP contribution < -0.4 is 4.74 Å². The minimum atomic E-state index is -1.34. The van der Waals surface area contributed by atoms with Crippen molar-refractivity contribution in [1.29, 1.82) is 0 Å². The molecule has 0 bridgehead atoms. The molecule has 0 unspecified atom stereocenters. The summed E-state index contributed by atoms with van der Waals surface area (Å²) in [6.07, 6.45) is -0.387. The number of amides is 1. The average Bonchev–Trinajstić information content (AvgIpc) is 2.79. The number of piperidine rings is 1. The zero-order chi connectivity index (χ0) is 14.1. The van der Waals surface area contributed by atoms with Gasteiger partial charge < -0.3 is 14.4 Å². The van der Waals surface area contributed by atoms with Gasteiger partial charge in [0.1, 0.15) is 11.4 Å². The van der Waals surface area contributed by atoms with Crippen molar-refractivity contribution in [1.82, 2.24) is 4.90 Å². The van der Waals surface area contributed by atoms with E-state index in [0.29, 0.717) is 6.61 Å². The Hall–Kier alpha value is -1.62. The van der Waals surface area contributed by atoms with Crippen LogP contribution in [0.2, 0.25) is 0 Å². The maximum Gasteiger partial charge on any atom is 0.232 e. The first-order valence-electron chi connectivity index (χ1n) is 6.82. The number of benzene rings is 1. The van der Waals surface area contributed by atoms with E-state index in [-0.39, 0.29) is 24.1 Å². The molecular weight excluding hydrogens is 261 g/mol. The summed E-state index contributed by atoms with van der Waals surface area (Å²) >= 11 is 0. The van der Waals surface area contributed by atoms with E-state index in [1.54, 1.807) is 12.0 Å². The Morgan fingerprint density at radius 3 is 2.75 bits per heavy atom. The summed E-state index contributed by atoms with van der Waals surface area (Å²) in [7, 11) is 1.61. The largest absolute Gasteiger partial charge is 0.497 e. The van der Waals surface area contributed by atoms with Crippen molar-refractivity contribution >= 4 is 5.91 Å². The van der Waals surface area contributed by atoms with Crippen LogP contribution in [0.1, 0.15) is 18.7 Å². The van der Waals surface area contributed by atoms with Crippen LogP contribution in [0.5, 0.6) is 5.75 Å². The van der Waals surface area contributed by atoms with Crippen molar-refractivity contribution in [3.63, 3.8) is 0 Å². The minimum absolute atomic E-state index is 0.108. The molecular formula is C15H16FNO3. The van der Waals surface area contributed by atoms with Gasteiger partial charge in [-0.1, -0.05) is 12.1 Å². The highest BCUT2D eigenvalue weighted by Crippen LogP contribution is 2.64. The number of carbonyl (C=O) groups is 1. The molecule has 3 aliphatic rings. The van der Waals surface area contributed by atoms with Crippen LogP contribution in [0.3, 0.4) is 0 Å². The summed E-state index contributed by atoms with van der Waals surface area (Å²) in [4.78, 5) is 14.1. The highest BCUT2D eigenvalue weighted by molar-refractivity contribution is 5.88. The van der Waals surface area contributed by atoms with Gasteiger partial charge in [0.15, 0.2) is 6.23 Å². The molecule has 5 heteroatoms. The summed E-state index contributed by atoms with van der Waals surface area (Å²) in [6.45, 7) is 1.95. The zero-order valence-corrected chi connectivity index (χ0v) is 11.4. The van der Waals surface area contributed by atoms with E-state index in [1.807, 2.05) is 24.3 Å². The van der Waals surface area contributed by atoms with Gasteiger partial charge in [0.05, 0.1) is 25.7 Å². The normalized spacial score (nSPS) is 41.5. The third-order valence-electron chi connectivity index (χ3n) is 4.88. The van der Waals surface area contributed by atoms with Crippen molar-refractivity contribution in [3.05, 3.63) is 29.8 Å². The van der Waals surface area contributed by atoms with Gasteiger partial charge in [-0.2, -0.15) is 0 Å². The van der Waals surface area contributed by atoms with Gasteiger partial charge in [-0.15, -0.1) is 0 Å².